The van der Waals surface area contributed by atoms with E-state index in [0.29, 0.717) is 12.8 Å². The van der Waals surface area contributed by atoms with Crippen LogP contribution in [0, 0.1) is 34.5 Å². The molecule has 9 heteroatoms. The third-order valence-electron chi connectivity index (χ3n) is 9.95. The van der Waals surface area contributed by atoms with Crippen LogP contribution in [0.4, 0.5) is 0 Å². The Morgan fingerprint density at radius 3 is 2.35 bits per heavy atom. The van der Waals surface area contributed by atoms with Crippen molar-refractivity contribution in [2.75, 3.05) is 7.11 Å². The fourth-order valence-corrected chi connectivity index (χ4v) is 7.52. The van der Waals surface area contributed by atoms with Crippen molar-refractivity contribution >= 4 is 11.9 Å². The predicted octanol–water partition coefficient (Wildman–Crippen LogP) is 3.76. The van der Waals surface area contributed by atoms with Crippen molar-refractivity contribution in [1.29, 1.82) is 0 Å². The summed E-state index contributed by atoms with van der Waals surface area (Å²) in [5.74, 6) is -0.286. The van der Waals surface area contributed by atoms with E-state index in [0.717, 1.165) is 19.3 Å². The fraction of sp³-hybridized carbons (Fsp3) is 0.871. The first-order valence-corrected chi connectivity index (χ1v) is 14.8. The molecule has 0 aromatic heterocycles. The number of methoxy groups -OCH3 is 1. The Balaban J connectivity index is 1.95. The largest absolute Gasteiger partial charge is 0.469 e. The normalized spacial score (nSPS) is 40.1. The van der Waals surface area contributed by atoms with E-state index in [1.54, 1.807) is 20.8 Å². The standard InChI is InChI=1S/C31H52O9/c1-16(2)28(36)40-27-21(39-29-26(35)25(34)24(33)19(5)38-29)15-31(8)20(12-10-17(3)14-23(32)37-9)18(4)11-13-22(31)30(27,6)7/h11,16-17,19-22,24-27,29,33-35H,10,12-15H2,1-9H3/t17-,19+,20-,21+,22-,24-,25-,26+,27-,29-,31+/m1/s1. The SMILES string of the molecule is COC(=O)C[C@H](C)CC[C@@H]1C(C)=CC[C@@H]2C(C)(C)[C@H](OC(=O)C(C)C)[C@@H](O[C@H]3O[C@@H](C)[C@@H](O)[C@@H](O)[C@@H]3O)C[C@@]12C. The minimum Gasteiger partial charge on any atom is -0.469 e. The summed E-state index contributed by atoms with van der Waals surface area (Å²) in [5.41, 5.74) is 0.582. The monoisotopic (exact) mass is 568 g/mol. The van der Waals surface area contributed by atoms with Crippen LogP contribution in [-0.4, -0.2) is 77.3 Å². The second-order valence-electron chi connectivity index (χ2n) is 13.7. The number of hydrogen-bond donors (Lipinski definition) is 3. The molecule has 0 bridgehead atoms. The fourth-order valence-electron chi connectivity index (χ4n) is 7.52. The summed E-state index contributed by atoms with van der Waals surface area (Å²) in [7, 11) is 1.41. The second kappa shape index (κ2) is 12.8. The predicted molar refractivity (Wildman–Crippen MR) is 149 cm³/mol. The highest BCUT2D eigenvalue weighted by molar-refractivity contribution is 5.71. The topological polar surface area (TPSA) is 132 Å². The average molecular weight is 569 g/mol. The smallest absolute Gasteiger partial charge is 0.308 e. The van der Waals surface area contributed by atoms with Crippen molar-refractivity contribution in [3.05, 3.63) is 11.6 Å². The molecule has 40 heavy (non-hydrogen) atoms. The summed E-state index contributed by atoms with van der Waals surface area (Å²) >= 11 is 0. The van der Waals surface area contributed by atoms with Crippen molar-refractivity contribution in [2.45, 2.75) is 130 Å². The zero-order valence-corrected chi connectivity index (χ0v) is 25.8. The third-order valence-corrected chi connectivity index (χ3v) is 9.95. The summed E-state index contributed by atoms with van der Waals surface area (Å²) in [5, 5.41) is 31.4. The number of esters is 2. The molecule has 1 aliphatic heterocycles. The molecule has 2 aliphatic carbocycles. The van der Waals surface area contributed by atoms with Crippen molar-refractivity contribution in [3.63, 3.8) is 0 Å². The van der Waals surface area contributed by atoms with Gasteiger partial charge in [-0.1, -0.05) is 53.2 Å². The minimum absolute atomic E-state index is 0.174. The summed E-state index contributed by atoms with van der Waals surface area (Å²) in [6.07, 6.45) is -1.45. The summed E-state index contributed by atoms with van der Waals surface area (Å²) < 4.78 is 23.3. The van der Waals surface area contributed by atoms with E-state index < -0.39 is 48.3 Å². The van der Waals surface area contributed by atoms with Crippen LogP contribution < -0.4 is 0 Å². The molecule has 0 spiro atoms. The van der Waals surface area contributed by atoms with Gasteiger partial charge in [-0.2, -0.15) is 0 Å². The van der Waals surface area contributed by atoms with Crippen LogP contribution in [0.1, 0.15) is 87.5 Å². The lowest BCUT2D eigenvalue weighted by atomic mass is 9.46. The highest BCUT2D eigenvalue weighted by atomic mass is 16.7. The van der Waals surface area contributed by atoms with Crippen LogP contribution in [0.5, 0.6) is 0 Å². The number of carbonyl (C=O) groups excluding carboxylic acids is 2. The van der Waals surface area contributed by atoms with E-state index in [-0.39, 0.29) is 41.0 Å². The first-order valence-electron chi connectivity index (χ1n) is 14.8. The van der Waals surface area contributed by atoms with Gasteiger partial charge in [0.2, 0.25) is 0 Å². The van der Waals surface area contributed by atoms with Gasteiger partial charge >= 0.3 is 11.9 Å². The molecule has 3 N–H and O–H groups in total. The van der Waals surface area contributed by atoms with Gasteiger partial charge in [0.25, 0.3) is 0 Å². The number of hydrogen-bond acceptors (Lipinski definition) is 9. The average Bonchev–Trinajstić information content (AvgIpc) is 2.87. The lowest BCUT2D eigenvalue weighted by Gasteiger charge is -2.61. The van der Waals surface area contributed by atoms with Gasteiger partial charge in [0.1, 0.15) is 24.4 Å². The molecule has 0 amide bonds. The molecule has 1 heterocycles. The molecule has 1 saturated carbocycles. The van der Waals surface area contributed by atoms with Gasteiger partial charge in [0.15, 0.2) is 6.29 Å². The maximum absolute atomic E-state index is 12.9. The van der Waals surface area contributed by atoms with Crippen molar-refractivity contribution in [1.82, 2.24) is 0 Å². The molecule has 2 fully saturated rings. The summed E-state index contributed by atoms with van der Waals surface area (Å²) in [6.45, 7) is 16.0. The minimum atomic E-state index is -1.45. The number of allylic oxidation sites excluding steroid dienone is 2. The number of fused-ring (bicyclic) bond motifs is 1. The molecule has 3 aliphatic rings. The van der Waals surface area contributed by atoms with Crippen molar-refractivity contribution < 1.29 is 43.9 Å². The lowest BCUT2D eigenvalue weighted by Crippen LogP contribution is -2.64. The Morgan fingerprint density at radius 2 is 1.75 bits per heavy atom. The van der Waals surface area contributed by atoms with E-state index in [2.05, 4.69) is 40.7 Å². The van der Waals surface area contributed by atoms with Crippen molar-refractivity contribution in [3.8, 4) is 0 Å². The Labute approximate surface area is 239 Å². The Hall–Kier alpha value is -1.52. The summed E-state index contributed by atoms with van der Waals surface area (Å²) in [4.78, 5) is 24.8. The van der Waals surface area contributed by atoms with Crippen LogP contribution in [-0.2, 0) is 28.5 Å². The van der Waals surface area contributed by atoms with Gasteiger partial charge < -0.3 is 34.3 Å². The van der Waals surface area contributed by atoms with Crippen LogP contribution in [0.3, 0.4) is 0 Å². The van der Waals surface area contributed by atoms with E-state index in [1.807, 2.05) is 0 Å². The van der Waals surface area contributed by atoms with Gasteiger partial charge in [-0.25, -0.2) is 0 Å². The third kappa shape index (κ3) is 6.59. The number of ether oxygens (including phenoxy) is 4. The maximum Gasteiger partial charge on any atom is 0.308 e. The quantitative estimate of drug-likeness (QED) is 0.281. The van der Waals surface area contributed by atoms with Gasteiger partial charge in [0.05, 0.1) is 25.2 Å². The first kappa shape index (κ1) is 33.0. The highest BCUT2D eigenvalue weighted by Gasteiger charge is 2.61. The Kier molecular flexibility index (Phi) is 10.5. The molecule has 0 radical (unpaired) electrons. The van der Waals surface area contributed by atoms with Gasteiger partial charge in [-0.05, 0) is 62.7 Å². The Morgan fingerprint density at radius 1 is 1.10 bits per heavy atom. The number of rotatable bonds is 9. The molecule has 9 nitrogen and oxygen atoms in total. The number of aliphatic hydroxyl groups excluding tert-OH is 3. The van der Waals surface area contributed by atoms with Crippen LogP contribution in [0.25, 0.3) is 0 Å². The maximum atomic E-state index is 12.9. The van der Waals surface area contributed by atoms with Gasteiger partial charge in [-0.15, -0.1) is 0 Å². The van der Waals surface area contributed by atoms with E-state index in [4.69, 9.17) is 18.9 Å². The summed E-state index contributed by atoms with van der Waals surface area (Å²) in [6, 6.07) is 0. The molecule has 0 aromatic rings. The van der Waals surface area contributed by atoms with Gasteiger partial charge in [0, 0.05) is 11.8 Å². The lowest BCUT2D eigenvalue weighted by molar-refractivity contribution is -0.326. The van der Waals surface area contributed by atoms with Crippen LogP contribution in [0.2, 0.25) is 0 Å². The van der Waals surface area contributed by atoms with E-state index in [1.165, 1.54) is 12.7 Å². The van der Waals surface area contributed by atoms with E-state index >= 15 is 0 Å². The second-order valence-corrected chi connectivity index (χ2v) is 13.7. The Bertz CT molecular complexity index is 930. The molecule has 0 aromatic carbocycles. The molecule has 3 rings (SSSR count). The van der Waals surface area contributed by atoms with E-state index in [9.17, 15) is 24.9 Å². The molecule has 230 valence electrons. The first-order chi connectivity index (χ1) is 18.5. The van der Waals surface area contributed by atoms with Crippen molar-refractivity contribution in [2.24, 2.45) is 34.5 Å². The zero-order valence-electron chi connectivity index (χ0n) is 25.8. The molecule has 11 atom stereocenters. The highest BCUT2D eigenvalue weighted by Crippen LogP contribution is 2.62. The molecule has 0 unspecified atom stereocenters. The number of carbonyl (C=O) groups is 2. The molecular weight excluding hydrogens is 516 g/mol. The molecular formula is C31H52O9. The van der Waals surface area contributed by atoms with Gasteiger partial charge in [-0.3, -0.25) is 9.59 Å². The zero-order chi connectivity index (χ0) is 30.2. The number of aliphatic hydroxyl groups is 3. The molecule has 1 saturated heterocycles. The van der Waals surface area contributed by atoms with Crippen LogP contribution in [0.15, 0.2) is 11.6 Å². The van der Waals surface area contributed by atoms with Crippen LogP contribution >= 0.6 is 0 Å².